The summed E-state index contributed by atoms with van der Waals surface area (Å²) in [6.07, 6.45) is -8.46. The average molecular weight is 743 g/mol. The predicted molar refractivity (Wildman–Crippen MR) is 175 cm³/mol. The Balaban J connectivity index is 1.81. The van der Waals surface area contributed by atoms with Crippen molar-refractivity contribution in [1.82, 2.24) is 9.97 Å². The van der Waals surface area contributed by atoms with Gasteiger partial charge in [-0.05, 0) is 80.0 Å². The van der Waals surface area contributed by atoms with E-state index in [0.717, 1.165) is 0 Å². The number of nitrogens with two attached hydrogens (primary N) is 1. The van der Waals surface area contributed by atoms with Crippen LogP contribution in [-0.4, -0.2) is 66.8 Å². The number of aromatic nitrogens is 2. The van der Waals surface area contributed by atoms with Gasteiger partial charge < -0.3 is 29.8 Å². The zero-order valence-electron chi connectivity index (χ0n) is 28.8. The molecule has 284 valence electrons. The van der Waals surface area contributed by atoms with Crippen molar-refractivity contribution in [3.63, 3.8) is 0 Å². The van der Waals surface area contributed by atoms with Crippen LogP contribution < -0.4 is 20.1 Å². The van der Waals surface area contributed by atoms with Crippen LogP contribution in [0.15, 0.2) is 42.6 Å². The standard InChI is InChI=1S/C35H40F6N4O7/c1-4-33(42)19-26(31-27(9-10-28(44-31)50-3)45(33)32(48)52-11-7-5-6-8-29(46)47)30-22(17-25(20-43-30)51-13-12-49-2)14-21-15-23(34(36,37)38)18-24(16-21)35(39,40)41/h9-10,15-18,20,26H,4-8,11-14,19,42H2,1-3H3,(H,46,47)/t26-,33+/m0/s1. The van der Waals surface area contributed by atoms with Crippen molar-refractivity contribution in [3.05, 3.63) is 76.2 Å². The van der Waals surface area contributed by atoms with Crippen LogP contribution in [0.3, 0.4) is 0 Å². The average Bonchev–Trinajstić information content (AvgIpc) is 3.08. The lowest BCUT2D eigenvalue weighted by molar-refractivity contribution is -0.143. The van der Waals surface area contributed by atoms with Gasteiger partial charge in [0, 0.05) is 25.5 Å². The number of pyridine rings is 2. The van der Waals surface area contributed by atoms with Gasteiger partial charge in [0.05, 0.1) is 54.7 Å². The van der Waals surface area contributed by atoms with E-state index < -0.39 is 53.5 Å². The number of aliphatic carboxylic acids is 1. The molecule has 4 rings (SSSR count). The number of nitrogens with zero attached hydrogens (tertiary/aromatic N) is 3. The topological polar surface area (TPSA) is 146 Å². The second kappa shape index (κ2) is 16.8. The molecule has 0 radical (unpaired) electrons. The summed E-state index contributed by atoms with van der Waals surface area (Å²) in [6.45, 7) is 2.01. The van der Waals surface area contributed by atoms with E-state index in [9.17, 15) is 35.9 Å². The molecule has 3 N–H and O–H groups in total. The van der Waals surface area contributed by atoms with Gasteiger partial charge >= 0.3 is 24.4 Å². The number of carbonyl (C=O) groups excluding carboxylic acids is 1. The summed E-state index contributed by atoms with van der Waals surface area (Å²) < 4.78 is 104. The zero-order chi connectivity index (χ0) is 38.3. The second-order valence-corrected chi connectivity index (χ2v) is 12.3. The Morgan fingerprint density at radius 2 is 1.65 bits per heavy atom. The van der Waals surface area contributed by atoms with E-state index in [0.29, 0.717) is 31.4 Å². The van der Waals surface area contributed by atoms with Crippen LogP contribution in [-0.2, 0) is 33.0 Å². The highest BCUT2D eigenvalue weighted by molar-refractivity contribution is 5.91. The molecule has 1 aliphatic rings. The SMILES string of the molecule is CC[C@]1(N)C[C@@H](c2ncc(OCCOC)cc2Cc2cc(C(F)(F)F)cc(C(F)(F)F)c2)c2nc(OC)ccc2N1C(=O)OCCCCCC(=O)O. The van der Waals surface area contributed by atoms with Crippen LogP contribution in [0, 0.1) is 0 Å². The smallest absolute Gasteiger partial charge is 0.416 e. The number of hydrogen-bond acceptors (Lipinski definition) is 9. The minimum atomic E-state index is -5.05. The van der Waals surface area contributed by atoms with Crippen molar-refractivity contribution in [3.8, 4) is 11.6 Å². The number of benzene rings is 1. The van der Waals surface area contributed by atoms with Crippen LogP contribution in [0.5, 0.6) is 11.6 Å². The van der Waals surface area contributed by atoms with Gasteiger partial charge in [-0.3, -0.25) is 14.7 Å². The van der Waals surface area contributed by atoms with E-state index in [1.807, 2.05) is 0 Å². The molecule has 3 heterocycles. The molecular weight excluding hydrogens is 702 g/mol. The molecule has 0 spiro atoms. The number of rotatable bonds is 15. The van der Waals surface area contributed by atoms with Crippen LogP contribution in [0.4, 0.5) is 36.8 Å². The highest BCUT2D eigenvalue weighted by atomic mass is 19.4. The number of alkyl halides is 6. The van der Waals surface area contributed by atoms with Gasteiger partial charge in [-0.25, -0.2) is 9.78 Å². The van der Waals surface area contributed by atoms with Crippen molar-refractivity contribution >= 4 is 17.7 Å². The molecule has 0 saturated carbocycles. The molecule has 17 heteroatoms. The van der Waals surface area contributed by atoms with Gasteiger partial charge in [-0.2, -0.15) is 26.3 Å². The molecule has 0 bridgehead atoms. The molecule has 11 nitrogen and oxygen atoms in total. The first-order valence-corrected chi connectivity index (χ1v) is 16.4. The van der Waals surface area contributed by atoms with Crippen molar-refractivity contribution < 1.29 is 60.0 Å². The Labute approximate surface area is 296 Å². The molecule has 2 atom stereocenters. The van der Waals surface area contributed by atoms with Crippen molar-refractivity contribution in [2.75, 3.05) is 38.9 Å². The number of methoxy groups -OCH3 is 2. The number of anilines is 1. The van der Waals surface area contributed by atoms with Crippen LogP contribution in [0.1, 0.15) is 85.0 Å². The maximum atomic E-state index is 13.8. The molecular formula is C35H40F6N4O7. The monoisotopic (exact) mass is 742 g/mol. The van der Waals surface area contributed by atoms with E-state index >= 15 is 0 Å². The number of amides is 1. The number of halogens is 6. The lowest BCUT2D eigenvalue weighted by Crippen LogP contribution is -2.61. The first-order valence-electron chi connectivity index (χ1n) is 16.4. The molecule has 0 unspecified atom stereocenters. The van der Waals surface area contributed by atoms with Gasteiger partial charge in [0.2, 0.25) is 5.88 Å². The minimum absolute atomic E-state index is 0.00969. The van der Waals surface area contributed by atoms with E-state index in [1.54, 1.807) is 13.0 Å². The Bertz CT molecular complexity index is 1690. The Kier molecular flexibility index (Phi) is 13.0. The van der Waals surface area contributed by atoms with Crippen molar-refractivity contribution in [2.24, 2.45) is 5.73 Å². The summed E-state index contributed by atoms with van der Waals surface area (Å²) in [7, 11) is 2.84. The third kappa shape index (κ3) is 9.82. The van der Waals surface area contributed by atoms with E-state index in [1.165, 1.54) is 37.4 Å². The quantitative estimate of drug-likeness (QED) is 0.120. The molecule has 1 amide bonds. The van der Waals surface area contributed by atoms with E-state index in [2.05, 4.69) is 9.97 Å². The number of ether oxygens (including phenoxy) is 4. The van der Waals surface area contributed by atoms with Crippen LogP contribution in [0.25, 0.3) is 0 Å². The minimum Gasteiger partial charge on any atom is -0.490 e. The van der Waals surface area contributed by atoms with Gasteiger partial charge in [0.15, 0.2) is 0 Å². The molecule has 0 aliphatic carbocycles. The first-order chi connectivity index (χ1) is 24.5. The lowest BCUT2D eigenvalue weighted by atomic mass is 9.80. The number of fused-ring (bicyclic) bond motifs is 1. The third-order valence-corrected chi connectivity index (χ3v) is 8.62. The number of unbranched alkanes of at least 4 members (excludes halogenated alkanes) is 2. The van der Waals surface area contributed by atoms with E-state index in [4.69, 9.17) is 29.8 Å². The maximum absolute atomic E-state index is 13.8. The van der Waals surface area contributed by atoms with Gasteiger partial charge in [-0.1, -0.05) is 6.92 Å². The number of carboxylic acids is 1. The summed E-state index contributed by atoms with van der Waals surface area (Å²) >= 11 is 0. The molecule has 0 saturated heterocycles. The van der Waals surface area contributed by atoms with Crippen LogP contribution in [0.2, 0.25) is 0 Å². The number of carbonyl (C=O) groups is 2. The molecule has 0 fully saturated rings. The predicted octanol–water partition coefficient (Wildman–Crippen LogP) is 7.33. The first kappa shape index (κ1) is 40.1. The van der Waals surface area contributed by atoms with Gasteiger partial charge in [0.1, 0.15) is 18.0 Å². The summed E-state index contributed by atoms with van der Waals surface area (Å²) in [6, 6.07) is 5.93. The molecule has 1 aromatic carbocycles. The lowest BCUT2D eigenvalue weighted by Gasteiger charge is -2.46. The number of hydrogen-bond donors (Lipinski definition) is 2. The Morgan fingerprint density at radius 3 is 2.25 bits per heavy atom. The summed E-state index contributed by atoms with van der Waals surface area (Å²) in [5.74, 6) is -1.41. The fourth-order valence-corrected chi connectivity index (χ4v) is 5.99. The zero-order valence-corrected chi connectivity index (χ0v) is 28.8. The fourth-order valence-electron chi connectivity index (χ4n) is 5.99. The highest BCUT2D eigenvalue weighted by Gasteiger charge is 2.47. The van der Waals surface area contributed by atoms with Crippen molar-refractivity contribution in [1.29, 1.82) is 0 Å². The Morgan fingerprint density at radius 1 is 0.962 bits per heavy atom. The summed E-state index contributed by atoms with van der Waals surface area (Å²) in [4.78, 5) is 34.9. The molecule has 3 aromatic rings. The Hall–Kier alpha value is -4.64. The van der Waals surface area contributed by atoms with E-state index in [-0.39, 0.29) is 85.0 Å². The second-order valence-electron chi connectivity index (χ2n) is 12.3. The van der Waals surface area contributed by atoms with Gasteiger partial charge in [-0.15, -0.1) is 0 Å². The molecule has 52 heavy (non-hydrogen) atoms. The highest BCUT2D eigenvalue weighted by Crippen LogP contribution is 2.47. The molecule has 1 aliphatic heterocycles. The fraction of sp³-hybridized carbons (Fsp3) is 0.486. The van der Waals surface area contributed by atoms with Crippen LogP contribution >= 0.6 is 0 Å². The van der Waals surface area contributed by atoms with Gasteiger partial charge in [0.25, 0.3) is 0 Å². The summed E-state index contributed by atoms with van der Waals surface area (Å²) in [5, 5.41) is 8.86. The number of carboxylic acid groups (broad SMARTS) is 1. The summed E-state index contributed by atoms with van der Waals surface area (Å²) in [5.41, 5.74) is 3.29. The third-order valence-electron chi connectivity index (χ3n) is 8.62. The van der Waals surface area contributed by atoms with Crippen molar-refractivity contribution in [2.45, 2.75) is 75.8 Å². The molecule has 2 aromatic heterocycles. The largest absolute Gasteiger partial charge is 0.490 e. The normalized spacial score (nSPS) is 17.4. The maximum Gasteiger partial charge on any atom is 0.416 e.